The molecule has 2 aromatic rings. The van der Waals surface area contributed by atoms with Crippen molar-refractivity contribution in [3.05, 3.63) is 40.7 Å². The van der Waals surface area contributed by atoms with Gasteiger partial charge < -0.3 is 11.1 Å². The average molecular weight is 251 g/mol. The van der Waals surface area contributed by atoms with E-state index in [0.29, 0.717) is 16.4 Å². The standard InChI is InChI=1S/C11H11ClN4O/c1-6-7(12)3-2-4-9(6)15-11(17)10-8(13)5-14-16-10/h2-5H,13H2,1H3,(H,14,16)(H,15,17). The Kier molecular flexibility index (Phi) is 3.01. The number of rotatable bonds is 2. The fourth-order valence-corrected chi connectivity index (χ4v) is 1.58. The zero-order chi connectivity index (χ0) is 12.4. The predicted molar refractivity (Wildman–Crippen MR) is 67.1 cm³/mol. The third kappa shape index (κ3) is 2.24. The first-order chi connectivity index (χ1) is 8.09. The van der Waals surface area contributed by atoms with Crippen LogP contribution in [-0.4, -0.2) is 16.1 Å². The van der Waals surface area contributed by atoms with E-state index in [9.17, 15) is 4.79 Å². The van der Waals surface area contributed by atoms with Gasteiger partial charge in [-0.15, -0.1) is 0 Å². The number of carbonyl (C=O) groups excluding carboxylic acids is 1. The Bertz CT molecular complexity index is 564. The molecule has 0 saturated heterocycles. The van der Waals surface area contributed by atoms with Crippen molar-refractivity contribution in [3.63, 3.8) is 0 Å². The number of aromatic amines is 1. The molecule has 0 fully saturated rings. The highest BCUT2D eigenvalue weighted by atomic mass is 35.5. The minimum atomic E-state index is -0.342. The molecule has 0 aliphatic carbocycles. The van der Waals surface area contributed by atoms with E-state index in [1.807, 2.05) is 6.92 Å². The predicted octanol–water partition coefficient (Wildman–Crippen LogP) is 2.21. The summed E-state index contributed by atoms with van der Waals surface area (Å²) in [6.45, 7) is 1.83. The van der Waals surface area contributed by atoms with Gasteiger partial charge in [0.05, 0.1) is 11.9 Å². The van der Waals surface area contributed by atoms with E-state index in [0.717, 1.165) is 5.56 Å². The molecule has 0 radical (unpaired) electrons. The molecule has 6 heteroatoms. The molecule has 0 atom stereocenters. The smallest absolute Gasteiger partial charge is 0.275 e. The van der Waals surface area contributed by atoms with Gasteiger partial charge in [-0.1, -0.05) is 17.7 Å². The Hall–Kier alpha value is -2.01. The highest BCUT2D eigenvalue weighted by Gasteiger charge is 2.13. The lowest BCUT2D eigenvalue weighted by Gasteiger charge is -2.08. The van der Waals surface area contributed by atoms with Crippen LogP contribution >= 0.6 is 11.6 Å². The number of nitrogens with two attached hydrogens (primary N) is 1. The van der Waals surface area contributed by atoms with Gasteiger partial charge in [-0.25, -0.2) is 0 Å². The lowest BCUT2D eigenvalue weighted by atomic mass is 10.2. The van der Waals surface area contributed by atoms with E-state index in [-0.39, 0.29) is 11.6 Å². The van der Waals surface area contributed by atoms with Crippen molar-refractivity contribution in [2.45, 2.75) is 6.92 Å². The molecule has 5 nitrogen and oxygen atoms in total. The van der Waals surface area contributed by atoms with Gasteiger partial charge in [0, 0.05) is 10.7 Å². The molecule has 17 heavy (non-hydrogen) atoms. The Morgan fingerprint density at radius 1 is 1.53 bits per heavy atom. The lowest BCUT2D eigenvalue weighted by molar-refractivity contribution is 0.102. The lowest BCUT2D eigenvalue weighted by Crippen LogP contribution is -2.14. The molecule has 0 aliphatic rings. The van der Waals surface area contributed by atoms with Crippen LogP contribution in [0.1, 0.15) is 16.1 Å². The van der Waals surface area contributed by atoms with Crippen LogP contribution in [0.2, 0.25) is 5.02 Å². The first-order valence-electron chi connectivity index (χ1n) is 4.95. The second-order valence-corrected chi connectivity index (χ2v) is 3.97. The maximum Gasteiger partial charge on any atom is 0.275 e. The van der Waals surface area contributed by atoms with E-state index in [2.05, 4.69) is 15.5 Å². The zero-order valence-corrected chi connectivity index (χ0v) is 9.88. The molecule has 1 amide bonds. The minimum absolute atomic E-state index is 0.240. The van der Waals surface area contributed by atoms with Crippen LogP contribution in [0.15, 0.2) is 24.4 Å². The number of carbonyl (C=O) groups is 1. The van der Waals surface area contributed by atoms with Gasteiger partial charge in [-0.05, 0) is 24.6 Å². The summed E-state index contributed by atoms with van der Waals surface area (Å²) >= 11 is 5.96. The van der Waals surface area contributed by atoms with E-state index in [4.69, 9.17) is 17.3 Å². The monoisotopic (exact) mass is 250 g/mol. The number of benzene rings is 1. The Morgan fingerprint density at radius 3 is 2.94 bits per heavy atom. The minimum Gasteiger partial charge on any atom is -0.396 e. The Morgan fingerprint density at radius 2 is 2.29 bits per heavy atom. The molecule has 4 N–H and O–H groups in total. The second-order valence-electron chi connectivity index (χ2n) is 3.57. The van der Waals surface area contributed by atoms with Crippen LogP contribution in [0.25, 0.3) is 0 Å². The van der Waals surface area contributed by atoms with Crippen LogP contribution in [0, 0.1) is 6.92 Å². The molecule has 1 aromatic heterocycles. The van der Waals surface area contributed by atoms with Crippen molar-refractivity contribution in [2.75, 3.05) is 11.1 Å². The summed E-state index contributed by atoms with van der Waals surface area (Å²) in [7, 11) is 0. The van der Waals surface area contributed by atoms with Gasteiger partial charge in [0.15, 0.2) is 0 Å². The summed E-state index contributed by atoms with van der Waals surface area (Å²) in [6, 6.07) is 5.30. The third-order valence-corrected chi connectivity index (χ3v) is 2.82. The molecule has 1 heterocycles. The van der Waals surface area contributed by atoms with E-state index in [1.165, 1.54) is 6.20 Å². The van der Waals surface area contributed by atoms with Gasteiger partial charge in [0.1, 0.15) is 5.69 Å². The van der Waals surface area contributed by atoms with E-state index < -0.39 is 0 Å². The largest absolute Gasteiger partial charge is 0.396 e. The molecule has 2 rings (SSSR count). The van der Waals surface area contributed by atoms with Crippen molar-refractivity contribution >= 4 is 28.9 Å². The van der Waals surface area contributed by atoms with Crippen molar-refractivity contribution in [3.8, 4) is 0 Å². The molecular formula is C11H11ClN4O. The fraction of sp³-hybridized carbons (Fsp3) is 0.0909. The van der Waals surface area contributed by atoms with Gasteiger partial charge in [-0.3, -0.25) is 9.89 Å². The van der Waals surface area contributed by atoms with Crippen molar-refractivity contribution in [2.24, 2.45) is 0 Å². The maximum absolute atomic E-state index is 11.9. The van der Waals surface area contributed by atoms with Gasteiger partial charge >= 0.3 is 0 Å². The van der Waals surface area contributed by atoms with Gasteiger partial charge in [0.25, 0.3) is 5.91 Å². The number of hydrogen-bond donors (Lipinski definition) is 3. The number of nitrogen functional groups attached to an aromatic ring is 1. The second kappa shape index (κ2) is 4.47. The van der Waals surface area contributed by atoms with Gasteiger partial charge in [-0.2, -0.15) is 5.10 Å². The quantitative estimate of drug-likeness (QED) is 0.764. The summed E-state index contributed by atoms with van der Waals surface area (Å²) in [6.07, 6.45) is 1.39. The SMILES string of the molecule is Cc1c(Cl)cccc1NC(=O)c1[nH]ncc1N. The first-order valence-corrected chi connectivity index (χ1v) is 5.32. The number of nitrogens with zero attached hydrogens (tertiary/aromatic N) is 1. The molecule has 88 valence electrons. The number of amides is 1. The molecule has 1 aromatic carbocycles. The zero-order valence-electron chi connectivity index (χ0n) is 9.12. The van der Waals surface area contributed by atoms with Crippen molar-refractivity contribution in [1.82, 2.24) is 10.2 Å². The maximum atomic E-state index is 11.9. The number of anilines is 2. The molecule has 0 spiro atoms. The van der Waals surface area contributed by atoms with Crippen molar-refractivity contribution in [1.29, 1.82) is 0 Å². The number of H-pyrrole nitrogens is 1. The van der Waals surface area contributed by atoms with E-state index >= 15 is 0 Å². The van der Waals surface area contributed by atoms with Crippen LogP contribution in [0.5, 0.6) is 0 Å². The summed E-state index contributed by atoms with van der Waals surface area (Å²) in [5.41, 5.74) is 7.59. The Balaban J connectivity index is 2.25. The molecular weight excluding hydrogens is 240 g/mol. The van der Waals surface area contributed by atoms with Crippen LogP contribution in [-0.2, 0) is 0 Å². The summed E-state index contributed by atoms with van der Waals surface area (Å²) in [5, 5.41) is 9.54. The molecule has 0 unspecified atom stereocenters. The third-order valence-electron chi connectivity index (χ3n) is 2.41. The molecule has 0 bridgehead atoms. The van der Waals surface area contributed by atoms with E-state index in [1.54, 1.807) is 18.2 Å². The number of nitrogens with one attached hydrogen (secondary N) is 2. The van der Waals surface area contributed by atoms with Gasteiger partial charge in [0.2, 0.25) is 0 Å². The number of aromatic nitrogens is 2. The van der Waals surface area contributed by atoms with Crippen LogP contribution < -0.4 is 11.1 Å². The van der Waals surface area contributed by atoms with Crippen LogP contribution in [0.3, 0.4) is 0 Å². The molecule has 0 saturated carbocycles. The van der Waals surface area contributed by atoms with Crippen molar-refractivity contribution < 1.29 is 4.79 Å². The summed E-state index contributed by atoms with van der Waals surface area (Å²) < 4.78 is 0. The highest BCUT2D eigenvalue weighted by Crippen LogP contribution is 2.23. The normalized spacial score (nSPS) is 10.2. The summed E-state index contributed by atoms with van der Waals surface area (Å²) in [4.78, 5) is 11.9. The summed E-state index contributed by atoms with van der Waals surface area (Å²) in [5.74, 6) is -0.342. The highest BCUT2D eigenvalue weighted by molar-refractivity contribution is 6.31. The topological polar surface area (TPSA) is 83.8 Å². The average Bonchev–Trinajstić information content (AvgIpc) is 2.71. The number of halogens is 1. The Labute approximate surface area is 103 Å². The first kappa shape index (κ1) is 11.5. The number of hydrogen-bond acceptors (Lipinski definition) is 3. The molecule has 0 aliphatic heterocycles. The fourth-order valence-electron chi connectivity index (χ4n) is 1.41. The van der Waals surface area contributed by atoms with Crippen LogP contribution in [0.4, 0.5) is 11.4 Å².